The van der Waals surface area contributed by atoms with Crippen molar-refractivity contribution in [1.82, 2.24) is 38.5 Å². The van der Waals surface area contributed by atoms with Crippen LogP contribution in [0.25, 0.3) is 0 Å². The molecule has 0 bridgehead atoms. The van der Waals surface area contributed by atoms with Crippen molar-refractivity contribution in [2.24, 2.45) is 7.05 Å². The van der Waals surface area contributed by atoms with Gasteiger partial charge in [0.25, 0.3) is 5.91 Å². The fourth-order valence-electron chi connectivity index (χ4n) is 3.76. The molecule has 14 nitrogen and oxygen atoms in total. The van der Waals surface area contributed by atoms with E-state index in [0.29, 0.717) is 11.4 Å². The van der Waals surface area contributed by atoms with Crippen LogP contribution in [0, 0.1) is 24.0 Å². The smallest absolute Gasteiger partial charge is 0.312 e. The van der Waals surface area contributed by atoms with Crippen LogP contribution in [0.5, 0.6) is 0 Å². The summed E-state index contributed by atoms with van der Waals surface area (Å²) in [6.07, 6.45) is 4.34. The van der Waals surface area contributed by atoms with Crippen molar-refractivity contribution in [2.75, 3.05) is 26.2 Å². The summed E-state index contributed by atoms with van der Waals surface area (Å²) in [5.41, 5.74) is 0.860. The van der Waals surface area contributed by atoms with Gasteiger partial charge in [-0.1, -0.05) is 0 Å². The lowest BCUT2D eigenvalue weighted by Gasteiger charge is -2.33. The summed E-state index contributed by atoms with van der Waals surface area (Å²) in [6, 6.07) is 1.56. The van der Waals surface area contributed by atoms with E-state index in [1.807, 2.05) is 0 Å². The number of piperazine rings is 1. The lowest BCUT2D eigenvalue weighted by atomic mass is 10.3. The number of aromatic nitrogens is 6. The van der Waals surface area contributed by atoms with E-state index in [1.54, 1.807) is 38.1 Å². The summed E-state index contributed by atoms with van der Waals surface area (Å²) in [4.78, 5) is 25.2. The van der Waals surface area contributed by atoms with Crippen LogP contribution in [-0.2, 0) is 23.7 Å². The zero-order valence-corrected chi connectivity index (χ0v) is 19.1. The summed E-state index contributed by atoms with van der Waals surface area (Å²) >= 11 is 0. The second-order valence-electron chi connectivity index (χ2n) is 7.70. The van der Waals surface area contributed by atoms with Gasteiger partial charge in [0.1, 0.15) is 28.6 Å². The molecular formula is C18H23N9O5S. The van der Waals surface area contributed by atoms with Crippen LogP contribution in [0.3, 0.4) is 0 Å². The van der Waals surface area contributed by atoms with Gasteiger partial charge < -0.3 is 4.90 Å². The standard InChI is InChI=1S/C18H23N9O5S/c1-13-17(27(29)30)14(2)26(20-13)12-24-5-4-16(21-24)18(28)23-6-8-25(9-7-23)33(31,32)15-10-19-22(3)11-15/h4-5,10-11H,6-9,12H2,1-3H3. The molecule has 3 aromatic rings. The zero-order valence-electron chi connectivity index (χ0n) is 18.3. The topological polar surface area (TPSA) is 154 Å². The lowest BCUT2D eigenvalue weighted by molar-refractivity contribution is -0.386. The Labute approximate surface area is 189 Å². The number of hydrogen-bond acceptors (Lipinski definition) is 8. The highest BCUT2D eigenvalue weighted by atomic mass is 32.2. The Morgan fingerprint density at radius 2 is 1.88 bits per heavy atom. The summed E-state index contributed by atoms with van der Waals surface area (Å²) in [7, 11) is -2.02. The van der Waals surface area contributed by atoms with Gasteiger partial charge in [0.05, 0.1) is 11.1 Å². The molecule has 0 aliphatic carbocycles. The summed E-state index contributed by atoms with van der Waals surface area (Å²) in [5, 5.41) is 23.5. The van der Waals surface area contributed by atoms with E-state index in [0.717, 1.165) is 0 Å². The number of carbonyl (C=O) groups excluding carboxylic acids is 1. The van der Waals surface area contributed by atoms with E-state index < -0.39 is 14.9 Å². The van der Waals surface area contributed by atoms with Crippen LogP contribution in [0.1, 0.15) is 21.9 Å². The van der Waals surface area contributed by atoms with Gasteiger partial charge in [0.2, 0.25) is 10.0 Å². The predicted octanol–water partition coefficient (Wildman–Crippen LogP) is -0.00936. The van der Waals surface area contributed by atoms with Crippen molar-refractivity contribution in [3.8, 4) is 0 Å². The van der Waals surface area contributed by atoms with Crippen molar-refractivity contribution in [1.29, 1.82) is 0 Å². The third-order valence-electron chi connectivity index (χ3n) is 5.51. The molecule has 0 radical (unpaired) electrons. The van der Waals surface area contributed by atoms with E-state index in [4.69, 9.17) is 0 Å². The van der Waals surface area contributed by atoms with E-state index in [-0.39, 0.29) is 55.0 Å². The van der Waals surface area contributed by atoms with Crippen LogP contribution in [0.2, 0.25) is 0 Å². The van der Waals surface area contributed by atoms with Gasteiger partial charge in [-0.05, 0) is 19.9 Å². The van der Waals surface area contributed by atoms with Gasteiger partial charge in [-0.15, -0.1) is 0 Å². The maximum atomic E-state index is 12.9. The van der Waals surface area contributed by atoms with Crippen molar-refractivity contribution >= 4 is 21.6 Å². The highest BCUT2D eigenvalue weighted by molar-refractivity contribution is 7.89. The van der Waals surface area contributed by atoms with E-state index >= 15 is 0 Å². The Morgan fingerprint density at radius 1 is 1.18 bits per heavy atom. The molecule has 1 fully saturated rings. The molecular weight excluding hydrogens is 454 g/mol. The molecule has 1 saturated heterocycles. The molecule has 1 aliphatic heterocycles. The SMILES string of the molecule is Cc1nn(Cn2ccc(C(=O)N3CCN(S(=O)(=O)c4cnn(C)c4)CC3)n2)c(C)c1[N+](=O)[O-]. The summed E-state index contributed by atoms with van der Waals surface area (Å²) in [6.45, 7) is 4.08. The molecule has 3 aromatic heterocycles. The molecule has 1 aliphatic rings. The first-order chi connectivity index (χ1) is 15.6. The largest absolute Gasteiger partial charge is 0.335 e. The molecule has 176 valence electrons. The minimum atomic E-state index is -3.66. The Balaban J connectivity index is 1.40. The zero-order chi connectivity index (χ0) is 23.9. The number of carbonyl (C=O) groups is 1. The van der Waals surface area contributed by atoms with Crippen LogP contribution in [0.4, 0.5) is 5.69 Å². The minimum Gasteiger partial charge on any atom is -0.335 e. The van der Waals surface area contributed by atoms with E-state index in [9.17, 15) is 23.3 Å². The minimum absolute atomic E-state index is 0.0439. The third-order valence-corrected chi connectivity index (χ3v) is 7.36. The molecule has 0 N–H and O–H groups in total. The lowest BCUT2D eigenvalue weighted by Crippen LogP contribution is -2.50. The number of sulfonamides is 1. The van der Waals surface area contributed by atoms with Gasteiger partial charge in [-0.2, -0.15) is 19.6 Å². The van der Waals surface area contributed by atoms with Crippen LogP contribution < -0.4 is 0 Å². The number of amides is 1. The molecule has 0 unspecified atom stereocenters. The van der Waals surface area contributed by atoms with Gasteiger partial charge in [-0.25, -0.2) is 13.1 Å². The monoisotopic (exact) mass is 477 g/mol. The van der Waals surface area contributed by atoms with Gasteiger partial charge in [0, 0.05) is 45.6 Å². The first-order valence-corrected chi connectivity index (χ1v) is 11.5. The maximum Gasteiger partial charge on any atom is 0.312 e. The Bertz CT molecular complexity index is 1310. The average Bonchev–Trinajstić information content (AvgIpc) is 3.48. The fourth-order valence-corrected chi connectivity index (χ4v) is 5.16. The van der Waals surface area contributed by atoms with Crippen molar-refractivity contribution < 1.29 is 18.1 Å². The molecule has 0 atom stereocenters. The number of nitrogens with zero attached hydrogens (tertiary/aromatic N) is 9. The molecule has 0 spiro atoms. The first-order valence-electron chi connectivity index (χ1n) is 10.1. The number of nitro groups is 1. The number of rotatable bonds is 6. The molecule has 15 heteroatoms. The number of hydrogen-bond donors (Lipinski definition) is 0. The van der Waals surface area contributed by atoms with E-state index in [2.05, 4.69) is 15.3 Å². The average molecular weight is 478 g/mol. The number of aryl methyl sites for hydroxylation is 2. The van der Waals surface area contributed by atoms with Crippen molar-refractivity contribution in [2.45, 2.75) is 25.4 Å². The summed E-state index contributed by atoms with van der Waals surface area (Å²) in [5.74, 6) is -0.313. The second kappa shape index (κ2) is 8.40. The Morgan fingerprint density at radius 3 is 2.45 bits per heavy atom. The fraction of sp³-hybridized carbons (Fsp3) is 0.444. The van der Waals surface area contributed by atoms with Crippen molar-refractivity contribution in [3.63, 3.8) is 0 Å². The molecule has 4 rings (SSSR count). The van der Waals surface area contributed by atoms with Crippen LogP contribution in [0.15, 0.2) is 29.6 Å². The Kier molecular flexibility index (Phi) is 5.75. The molecule has 0 aromatic carbocycles. The first kappa shape index (κ1) is 22.6. The molecule has 0 saturated carbocycles. The molecule has 4 heterocycles. The van der Waals surface area contributed by atoms with Gasteiger partial charge >= 0.3 is 5.69 Å². The quantitative estimate of drug-likeness (QED) is 0.355. The molecule has 33 heavy (non-hydrogen) atoms. The maximum absolute atomic E-state index is 12.9. The highest BCUT2D eigenvalue weighted by Gasteiger charge is 2.32. The summed E-state index contributed by atoms with van der Waals surface area (Å²) < 4.78 is 31.1. The van der Waals surface area contributed by atoms with E-state index in [1.165, 1.54) is 30.7 Å². The second-order valence-corrected chi connectivity index (χ2v) is 9.64. The Hall–Kier alpha value is -3.59. The van der Waals surface area contributed by atoms with Crippen molar-refractivity contribution in [3.05, 3.63) is 51.9 Å². The third kappa shape index (κ3) is 4.23. The molecule has 1 amide bonds. The predicted molar refractivity (Wildman–Crippen MR) is 114 cm³/mol. The van der Waals surface area contributed by atoms with Gasteiger partial charge in [-0.3, -0.25) is 24.3 Å². The normalized spacial score (nSPS) is 15.2. The van der Waals surface area contributed by atoms with Gasteiger partial charge in [0.15, 0.2) is 0 Å². The van der Waals surface area contributed by atoms with Crippen LogP contribution in [-0.4, -0.2) is 84.0 Å². The van der Waals surface area contributed by atoms with Crippen LogP contribution >= 0.6 is 0 Å². The highest BCUT2D eigenvalue weighted by Crippen LogP contribution is 2.22.